The van der Waals surface area contributed by atoms with Gasteiger partial charge in [-0.3, -0.25) is 0 Å². The van der Waals surface area contributed by atoms with Gasteiger partial charge in [-0.2, -0.15) is 0 Å². The molecule has 4 rings (SSSR count). The van der Waals surface area contributed by atoms with E-state index < -0.39 is 0 Å². The van der Waals surface area contributed by atoms with Crippen LogP contribution in [0.5, 0.6) is 5.75 Å². The molecule has 0 aliphatic rings. The van der Waals surface area contributed by atoms with Gasteiger partial charge in [0, 0.05) is 11.6 Å². The summed E-state index contributed by atoms with van der Waals surface area (Å²) in [5.41, 5.74) is 6.90. The Balaban J connectivity index is 0.00000240. The van der Waals surface area contributed by atoms with Crippen molar-refractivity contribution in [2.45, 2.75) is 0 Å². The molecular weight excluding hydrogens is 469 g/mol. The zero-order valence-corrected chi connectivity index (χ0v) is 18.3. The van der Waals surface area contributed by atoms with Gasteiger partial charge >= 0.3 is 0 Å². The maximum absolute atomic E-state index is 9.50. The molecule has 0 radical (unpaired) electrons. The molecule has 2 nitrogen and oxygen atoms in total. The highest BCUT2D eigenvalue weighted by Crippen LogP contribution is 2.27. The number of hydrogen-bond acceptors (Lipinski definition) is 1. The van der Waals surface area contributed by atoms with Crippen LogP contribution in [0.4, 0.5) is 0 Å². The number of benzene rings is 3. The molecule has 3 heteroatoms. The van der Waals surface area contributed by atoms with Crippen LogP contribution in [0, 0.1) is 0 Å². The Morgan fingerprint density at radius 1 is 0.724 bits per heavy atom. The Morgan fingerprint density at radius 3 is 1.93 bits per heavy atom. The number of phenolic OH excluding ortho intramolecular Hbond substituents is 1. The van der Waals surface area contributed by atoms with Gasteiger partial charge in [-0.05, 0) is 41.0 Å². The van der Waals surface area contributed by atoms with Crippen LogP contribution in [0.25, 0.3) is 34.5 Å². The van der Waals surface area contributed by atoms with E-state index in [2.05, 4.69) is 84.6 Å². The Labute approximate surface area is 188 Å². The number of hydrogen-bond donors (Lipinski definition) is 1. The molecule has 0 unspecified atom stereocenters. The van der Waals surface area contributed by atoms with Gasteiger partial charge in [0.25, 0.3) is 0 Å². The van der Waals surface area contributed by atoms with Crippen molar-refractivity contribution in [1.29, 1.82) is 0 Å². The van der Waals surface area contributed by atoms with E-state index in [1.807, 2.05) is 24.3 Å². The molecule has 0 atom stereocenters. The monoisotopic (exact) mass is 491 g/mol. The van der Waals surface area contributed by atoms with Gasteiger partial charge in [0.05, 0.1) is 5.56 Å². The highest BCUT2D eigenvalue weighted by atomic mass is 127. The van der Waals surface area contributed by atoms with Crippen molar-refractivity contribution in [3.63, 3.8) is 0 Å². The Bertz CT molecular complexity index is 1100. The number of aromatic nitrogens is 1. The standard InChI is InChI=1S/C26H21NO.HI/c1-27-19-25(21-8-4-2-5-9-21)23(15-12-20-13-16-24(28)17-14-20)18-26(27)22-10-6-3-7-11-22;/h2-19H,1H3;1H. The molecule has 0 aliphatic heterocycles. The topological polar surface area (TPSA) is 24.1 Å². The minimum atomic E-state index is 0. The molecule has 29 heavy (non-hydrogen) atoms. The second-order valence-electron chi connectivity index (χ2n) is 6.80. The molecule has 0 fully saturated rings. The maximum atomic E-state index is 9.50. The quantitative estimate of drug-likeness (QED) is 0.345. The summed E-state index contributed by atoms with van der Waals surface area (Å²) in [6.07, 6.45) is 6.41. The van der Waals surface area contributed by atoms with Crippen molar-refractivity contribution in [2.24, 2.45) is 7.05 Å². The van der Waals surface area contributed by atoms with Crippen LogP contribution < -0.4 is 28.5 Å². The van der Waals surface area contributed by atoms with E-state index in [0.717, 1.165) is 16.8 Å². The van der Waals surface area contributed by atoms with Gasteiger partial charge in [0.15, 0.2) is 6.20 Å². The molecule has 3 aromatic carbocycles. The van der Waals surface area contributed by atoms with E-state index in [1.54, 1.807) is 12.1 Å². The number of halogens is 1. The van der Waals surface area contributed by atoms with Gasteiger partial charge in [0.1, 0.15) is 12.8 Å². The number of phenols is 1. The summed E-state index contributed by atoms with van der Waals surface area (Å²) < 4.78 is 2.18. The van der Waals surface area contributed by atoms with Crippen molar-refractivity contribution in [3.8, 4) is 28.1 Å². The minimum Gasteiger partial charge on any atom is -1.00 e. The first kappa shape index (κ1) is 20.8. The fourth-order valence-corrected chi connectivity index (χ4v) is 3.33. The first-order chi connectivity index (χ1) is 13.7. The second-order valence-corrected chi connectivity index (χ2v) is 6.80. The minimum absolute atomic E-state index is 0. The van der Waals surface area contributed by atoms with Crippen LogP contribution in [0.1, 0.15) is 11.1 Å². The average molecular weight is 491 g/mol. The smallest absolute Gasteiger partial charge is 0.212 e. The number of aromatic hydroxyl groups is 1. The predicted octanol–water partition coefficient (Wildman–Crippen LogP) is 2.73. The molecule has 0 saturated heterocycles. The van der Waals surface area contributed by atoms with Crippen molar-refractivity contribution < 1.29 is 33.7 Å². The zero-order chi connectivity index (χ0) is 19.3. The molecule has 0 spiro atoms. The molecule has 1 N–H and O–H groups in total. The molecular formula is C26H22INO. The van der Waals surface area contributed by atoms with E-state index in [-0.39, 0.29) is 29.7 Å². The number of nitrogens with zero attached hydrogens (tertiary/aromatic N) is 1. The molecule has 4 aromatic rings. The SMILES string of the molecule is C[n+]1cc(-c2ccccc2)c(/C=C/c2ccc(O)cc2)cc1-c1ccccc1.[I-]. The van der Waals surface area contributed by atoms with Crippen LogP contribution in [-0.2, 0) is 7.05 Å². The van der Waals surface area contributed by atoms with E-state index in [1.165, 1.54) is 16.7 Å². The normalized spacial score (nSPS) is 10.7. The molecule has 0 saturated carbocycles. The number of aryl methyl sites for hydroxylation is 1. The lowest BCUT2D eigenvalue weighted by Gasteiger charge is -2.09. The van der Waals surface area contributed by atoms with Crippen LogP contribution in [-0.4, -0.2) is 5.11 Å². The van der Waals surface area contributed by atoms with Gasteiger partial charge < -0.3 is 29.1 Å². The third-order valence-corrected chi connectivity index (χ3v) is 4.81. The lowest BCUT2D eigenvalue weighted by molar-refractivity contribution is -0.659. The lowest BCUT2D eigenvalue weighted by Crippen LogP contribution is -3.00. The summed E-state index contributed by atoms with van der Waals surface area (Å²) in [7, 11) is 2.09. The van der Waals surface area contributed by atoms with Crippen molar-refractivity contribution >= 4 is 12.2 Å². The van der Waals surface area contributed by atoms with Crippen LogP contribution in [0.2, 0.25) is 0 Å². The molecule has 0 aliphatic carbocycles. The van der Waals surface area contributed by atoms with Gasteiger partial charge in [-0.25, -0.2) is 4.57 Å². The third-order valence-electron chi connectivity index (χ3n) is 4.81. The van der Waals surface area contributed by atoms with Crippen molar-refractivity contribution in [2.75, 3.05) is 0 Å². The number of pyridine rings is 1. The third kappa shape index (κ3) is 4.93. The highest BCUT2D eigenvalue weighted by molar-refractivity contribution is 5.81. The lowest BCUT2D eigenvalue weighted by atomic mass is 9.98. The predicted molar refractivity (Wildman–Crippen MR) is 116 cm³/mol. The number of rotatable bonds is 4. The van der Waals surface area contributed by atoms with E-state index in [9.17, 15) is 5.11 Å². The van der Waals surface area contributed by atoms with Gasteiger partial charge in [-0.1, -0.05) is 72.8 Å². The Hall–Kier alpha value is -2.92. The maximum Gasteiger partial charge on any atom is 0.212 e. The summed E-state index contributed by atoms with van der Waals surface area (Å²) >= 11 is 0. The zero-order valence-electron chi connectivity index (χ0n) is 16.2. The summed E-state index contributed by atoms with van der Waals surface area (Å²) in [6.45, 7) is 0. The van der Waals surface area contributed by atoms with Crippen molar-refractivity contribution in [3.05, 3.63) is 108 Å². The fourth-order valence-electron chi connectivity index (χ4n) is 3.33. The van der Waals surface area contributed by atoms with E-state index in [4.69, 9.17) is 0 Å². The average Bonchev–Trinajstić information content (AvgIpc) is 2.75. The van der Waals surface area contributed by atoms with Crippen molar-refractivity contribution in [1.82, 2.24) is 0 Å². The van der Waals surface area contributed by atoms with Crippen LogP contribution in [0.15, 0.2) is 97.2 Å². The largest absolute Gasteiger partial charge is 1.00 e. The molecule has 0 amide bonds. The summed E-state index contributed by atoms with van der Waals surface area (Å²) in [4.78, 5) is 0. The summed E-state index contributed by atoms with van der Waals surface area (Å²) in [5.74, 6) is 0.278. The van der Waals surface area contributed by atoms with Gasteiger partial charge in [0.2, 0.25) is 5.69 Å². The summed E-state index contributed by atoms with van der Waals surface area (Å²) in [6, 6.07) is 30.3. The van der Waals surface area contributed by atoms with Gasteiger partial charge in [-0.15, -0.1) is 0 Å². The Kier molecular flexibility index (Phi) is 6.83. The van der Waals surface area contributed by atoms with E-state index >= 15 is 0 Å². The second kappa shape index (κ2) is 9.52. The Morgan fingerprint density at radius 2 is 1.31 bits per heavy atom. The van der Waals surface area contributed by atoms with Crippen LogP contribution >= 0.6 is 0 Å². The highest BCUT2D eigenvalue weighted by Gasteiger charge is 2.15. The first-order valence-corrected chi connectivity index (χ1v) is 9.32. The van der Waals surface area contributed by atoms with E-state index in [0.29, 0.717) is 0 Å². The molecule has 1 heterocycles. The molecule has 0 bridgehead atoms. The molecule has 1 aromatic heterocycles. The summed E-state index contributed by atoms with van der Waals surface area (Å²) in [5, 5.41) is 9.50. The fraction of sp³-hybridized carbons (Fsp3) is 0.0385. The van der Waals surface area contributed by atoms with Crippen LogP contribution in [0.3, 0.4) is 0 Å². The molecule has 144 valence electrons. The first-order valence-electron chi connectivity index (χ1n) is 9.32.